The molecule has 3 heteroatoms. The van der Waals surface area contributed by atoms with Gasteiger partial charge in [0.15, 0.2) is 18.9 Å². The van der Waals surface area contributed by atoms with Crippen LogP contribution in [-0.4, -0.2) is 11.1 Å². The van der Waals surface area contributed by atoms with Gasteiger partial charge in [-0.1, -0.05) is 51.5 Å². The van der Waals surface area contributed by atoms with Crippen molar-refractivity contribution in [1.82, 2.24) is 0 Å². The van der Waals surface area contributed by atoms with E-state index in [4.69, 9.17) is 0 Å². The summed E-state index contributed by atoms with van der Waals surface area (Å²) in [7, 11) is 0. The monoisotopic (exact) mass is 264 g/mol. The summed E-state index contributed by atoms with van der Waals surface area (Å²) in [5.74, 6) is -0.941. The summed E-state index contributed by atoms with van der Waals surface area (Å²) in [6.45, 7) is 2.78. The lowest BCUT2D eigenvalue weighted by Crippen LogP contribution is -2.39. The predicted octanol–water partition coefficient (Wildman–Crippen LogP) is 3.43. The smallest absolute Gasteiger partial charge is 0.312 e. The molecule has 1 N–H and O–H groups in total. The number of pyridine rings is 1. The first-order chi connectivity index (χ1) is 9.24. The third kappa shape index (κ3) is 6.94. The largest absolute Gasteiger partial charge is 0.481 e. The maximum absolute atomic E-state index is 11.3. The lowest BCUT2D eigenvalue weighted by atomic mass is 10.00. The molecule has 0 amide bonds. The zero-order chi connectivity index (χ0) is 13.9. The lowest BCUT2D eigenvalue weighted by molar-refractivity contribution is -0.701. The molecular formula is C16H26NO2+. The van der Waals surface area contributed by atoms with E-state index in [2.05, 4.69) is 6.92 Å². The van der Waals surface area contributed by atoms with Crippen molar-refractivity contribution in [2.75, 3.05) is 0 Å². The highest BCUT2D eigenvalue weighted by Crippen LogP contribution is 2.13. The molecule has 0 spiro atoms. The summed E-state index contributed by atoms with van der Waals surface area (Å²) in [6.07, 6.45) is 11.9. The van der Waals surface area contributed by atoms with Crippen molar-refractivity contribution in [2.45, 2.75) is 58.4 Å². The fourth-order valence-corrected chi connectivity index (χ4v) is 2.27. The number of hydrogen-bond acceptors (Lipinski definition) is 1. The number of carboxylic acids is 1. The summed E-state index contributed by atoms with van der Waals surface area (Å²) < 4.78 is 1.95. The average Bonchev–Trinajstić information content (AvgIpc) is 2.42. The van der Waals surface area contributed by atoms with Crippen LogP contribution in [0.3, 0.4) is 0 Å². The maximum atomic E-state index is 11.3. The molecule has 0 radical (unpaired) electrons. The predicted molar refractivity (Wildman–Crippen MR) is 75.8 cm³/mol. The number of nitrogens with zero attached hydrogens (tertiary/aromatic N) is 1. The van der Waals surface area contributed by atoms with Gasteiger partial charge in [-0.15, -0.1) is 0 Å². The summed E-state index contributed by atoms with van der Waals surface area (Å²) in [5, 5.41) is 9.26. The number of hydrogen-bond donors (Lipinski definition) is 1. The van der Waals surface area contributed by atoms with Crippen molar-refractivity contribution >= 4 is 5.97 Å². The minimum absolute atomic E-state index is 0.265. The van der Waals surface area contributed by atoms with Crippen LogP contribution < -0.4 is 4.57 Å². The Balaban J connectivity index is 2.27. The lowest BCUT2D eigenvalue weighted by Gasteiger charge is -2.09. The molecule has 0 aliphatic carbocycles. The molecule has 0 saturated heterocycles. The first-order valence-electron chi connectivity index (χ1n) is 7.41. The standard InChI is InChI=1S/C16H25NO2/c1-2-3-4-5-6-8-11-15(16(18)19)14-17-12-9-7-10-13-17/h7,9-10,12-13,15H,2-6,8,11,14H2,1H3/p+1. The summed E-state index contributed by atoms with van der Waals surface area (Å²) >= 11 is 0. The second kappa shape index (κ2) is 9.54. The van der Waals surface area contributed by atoms with Gasteiger partial charge in [-0.3, -0.25) is 4.79 Å². The van der Waals surface area contributed by atoms with Crippen LogP contribution in [0.1, 0.15) is 51.9 Å². The number of aliphatic carboxylic acids is 1. The number of carboxylic acid groups (broad SMARTS) is 1. The molecule has 0 aliphatic rings. The minimum Gasteiger partial charge on any atom is -0.481 e. The van der Waals surface area contributed by atoms with Gasteiger partial charge in [-0.05, 0) is 6.42 Å². The third-order valence-electron chi connectivity index (χ3n) is 3.46. The van der Waals surface area contributed by atoms with E-state index in [1.807, 2.05) is 35.2 Å². The molecule has 1 rings (SSSR count). The molecule has 0 aromatic carbocycles. The van der Waals surface area contributed by atoms with Gasteiger partial charge in [0, 0.05) is 12.1 Å². The molecule has 1 heterocycles. The van der Waals surface area contributed by atoms with E-state index in [0.717, 1.165) is 19.3 Å². The van der Waals surface area contributed by atoms with Gasteiger partial charge in [0.1, 0.15) is 5.92 Å². The Kier molecular flexibility index (Phi) is 7.87. The Morgan fingerprint density at radius 3 is 2.32 bits per heavy atom. The number of carbonyl (C=O) groups is 1. The number of unbranched alkanes of at least 4 members (excludes halogenated alkanes) is 5. The van der Waals surface area contributed by atoms with Gasteiger partial charge < -0.3 is 5.11 Å². The number of aromatic nitrogens is 1. The second-order valence-corrected chi connectivity index (χ2v) is 5.16. The third-order valence-corrected chi connectivity index (χ3v) is 3.46. The zero-order valence-electron chi connectivity index (χ0n) is 11.9. The molecular weight excluding hydrogens is 238 g/mol. The highest BCUT2D eigenvalue weighted by molar-refractivity contribution is 5.69. The Labute approximate surface area is 116 Å². The maximum Gasteiger partial charge on any atom is 0.312 e. The highest BCUT2D eigenvalue weighted by atomic mass is 16.4. The van der Waals surface area contributed by atoms with E-state index >= 15 is 0 Å². The fraction of sp³-hybridized carbons (Fsp3) is 0.625. The molecule has 1 atom stereocenters. The van der Waals surface area contributed by atoms with Crippen LogP contribution in [0, 0.1) is 5.92 Å². The Morgan fingerprint density at radius 2 is 1.68 bits per heavy atom. The topological polar surface area (TPSA) is 41.2 Å². The molecule has 0 aliphatic heterocycles. The van der Waals surface area contributed by atoms with Gasteiger partial charge >= 0.3 is 5.97 Å². The van der Waals surface area contributed by atoms with E-state index in [-0.39, 0.29) is 5.92 Å². The van der Waals surface area contributed by atoms with Crippen LogP contribution in [-0.2, 0) is 11.3 Å². The summed E-state index contributed by atoms with van der Waals surface area (Å²) in [4.78, 5) is 11.3. The molecule has 1 aromatic rings. The van der Waals surface area contributed by atoms with E-state index in [1.165, 1.54) is 25.7 Å². The molecule has 3 nitrogen and oxygen atoms in total. The molecule has 1 aromatic heterocycles. The quantitative estimate of drug-likeness (QED) is 0.519. The van der Waals surface area contributed by atoms with Gasteiger partial charge in [-0.2, -0.15) is 0 Å². The van der Waals surface area contributed by atoms with Crippen molar-refractivity contribution < 1.29 is 14.5 Å². The van der Waals surface area contributed by atoms with Gasteiger partial charge in [0.25, 0.3) is 0 Å². The molecule has 0 saturated carbocycles. The van der Waals surface area contributed by atoms with Crippen LogP contribution in [0.4, 0.5) is 0 Å². The van der Waals surface area contributed by atoms with Crippen LogP contribution in [0.5, 0.6) is 0 Å². The molecule has 0 bridgehead atoms. The fourth-order valence-electron chi connectivity index (χ4n) is 2.27. The van der Waals surface area contributed by atoms with Crippen molar-refractivity contribution in [3.8, 4) is 0 Å². The molecule has 0 fully saturated rings. The van der Waals surface area contributed by atoms with Crippen molar-refractivity contribution in [1.29, 1.82) is 0 Å². The Bertz CT molecular complexity index is 351. The van der Waals surface area contributed by atoms with E-state index in [9.17, 15) is 9.90 Å². The van der Waals surface area contributed by atoms with Crippen LogP contribution in [0.2, 0.25) is 0 Å². The normalized spacial score (nSPS) is 12.3. The highest BCUT2D eigenvalue weighted by Gasteiger charge is 2.21. The van der Waals surface area contributed by atoms with E-state index in [0.29, 0.717) is 6.54 Å². The van der Waals surface area contributed by atoms with E-state index < -0.39 is 5.97 Å². The Hall–Kier alpha value is -1.38. The van der Waals surface area contributed by atoms with Crippen LogP contribution >= 0.6 is 0 Å². The SMILES string of the molecule is CCCCCCCCC(C[n+]1ccccc1)C(=O)O. The first-order valence-corrected chi connectivity index (χ1v) is 7.41. The molecule has 19 heavy (non-hydrogen) atoms. The zero-order valence-corrected chi connectivity index (χ0v) is 11.9. The van der Waals surface area contributed by atoms with Gasteiger partial charge in [0.2, 0.25) is 0 Å². The Morgan fingerprint density at radius 1 is 1.05 bits per heavy atom. The first kappa shape index (κ1) is 15.7. The van der Waals surface area contributed by atoms with Crippen LogP contribution in [0.15, 0.2) is 30.6 Å². The van der Waals surface area contributed by atoms with Gasteiger partial charge in [0.05, 0.1) is 0 Å². The number of rotatable bonds is 10. The van der Waals surface area contributed by atoms with Crippen molar-refractivity contribution in [3.63, 3.8) is 0 Å². The molecule has 106 valence electrons. The van der Waals surface area contributed by atoms with Crippen molar-refractivity contribution in [2.24, 2.45) is 5.92 Å². The van der Waals surface area contributed by atoms with Crippen LogP contribution in [0.25, 0.3) is 0 Å². The average molecular weight is 264 g/mol. The van der Waals surface area contributed by atoms with E-state index in [1.54, 1.807) is 0 Å². The summed E-state index contributed by atoms with van der Waals surface area (Å²) in [5.41, 5.74) is 0. The molecule has 1 unspecified atom stereocenters. The van der Waals surface area contributed by atoms with Gasteiger partial charge in [-0.25, -0.2) is 4.57 Å². The van der Waals surface area contributed by atoms with Crippen molar-refractivity contribution in [3.05, 3.63) is 30.6 Å². The summed E-state index contributed by atoms with van der Waals surface area (Å²) in [6, 6.07) is 5.81. The second-order valence-electron chi connectivity index (χ2n) is 5.16. The minimum atomic E-state index is -0.676.